The third-order valence-electron chi connectivity index (χ3n) is 6.27. The summed E-state index contributed by atoms with van der Waals surface area (Å²) in [5, 5.41) is 6.67. The molecule has 2 aromatic rings. The van der Waals surface area contributed by atoms with Crippen LogP contribution in [-0.4, -0.2) is 59.2 Å². The highest BCUT2D eigenvalue weighted by Crippen LogP contribution is 2.15. The van der Waals surface area contributed by atoms with Crippen molar-refractivity contribution in [2.24, 2.45) is 11.8 Å². The molecule has 0 bridgehead atoms. The molecule has 1 aliphatic heterocycles. The van der Waals surface area contributed by atoms with E-state index in [0.717, 1.165) is 36.8 Å². The van der Waals surface area contributed by atoms with Crippen molar-refractivity contribution >= 4 is 28.5 Å². The number of hydrogen-bond donors (Lipinski definition) is 2. The normalized spacial score (nSPS) is 17.8. The van der Waals surface area contributed by atoms with Crippen LogP contribution in [0, 0.1) is 11.8 Å². The molecule has 2 amide bonds. The van der Waals surface area contributed by atoms with E-state index in [1.54, 1.807) is 24.4 Å². The van der Waals surface area contributed by atoms with Crippen LogP contribution in [0.1, 0.15) is 63.7 Å². The fraction of sp³-hybridized carbons (Fsp3) is 0.556. The van der Waals surface area contributed by atoms with Crippen LogP contribution in [-0.2, 0) is 9.59 Å². The number of fused-ring (bicyclic) bond motifs is 1. The van der Waals surface area contributed by atoms with Crippen molar-refractivity contribution in [2.45, 2.75) is 65.5 Å². The van der Waals surface area contributed by atoms with Crippen LogP contribution in [0.4, 0.5) is 0 Å². The maximum atomic E-state index is 13.1. The second kappa shape index (κ2) is 12.1. The summed E-state index contributed by atoms with van der Waals surface area (Å²) in [5.74, 6) is 0.303. The van der Waals surface area contributed by atoms with E-state index in [0.29, 0.717) is 30.9 Å². The first-order chi connectivity index (χ1) is 16.2. The zero-order valence-corrected chi connectivity index (χ0v) is 20.8. The minimum atomic E-state index is -0.700. The number of likely N-dealkylation sites (tertiary alicyclic amines) is 1. The largest absolute Gasteiger partial charge is 0.344 e. The number of pyridine rings is 1. The van der Waals surface area contributed by atoms with Crippen molar-refractivity contribution in [1.29, 1.82) is 0 Å². The number of aromatic nitrogens is 1. The van der Waals surface area contributed by atoms with Gasteiger partial charge in [-0.2, -0.15) is 0 Å². The van der Waals surface area contributed by atoms with Gasteiger partial charge < -0.3 is 10.6 Å². The van der Waals surface area contributed by atoms with E-state index >= 15 is 0 Å². The monoisotopic (exact) mass is 466 g/mol. The number of piperidine rings is 1. The number of Topliss-reactive ketones (excluding diaryl/α,β-unsaturated/α-hetero) is 1. The van der Waals surface area contributed by atoms with Crippen molar-refractivity contribution in [1.82, 2.24) is 20.5 Å². The molecule has 1 unspecified atom stereocenters. The van der Waals surface area contributed by atoms with Gasteiger partial charge in [0.1, 0.15) is 6.04 Å². The second-order valence-corrected chi connectivity index (χ2v) is 10.2. The molecule has 184 valence electrons. The first-order valence-electron chi connectivity index (χ1n) is 12.4. The van der Waals surface area contributed by atoms with Crippen LogP contribution in [0.2, 0.25) is 0 Å². The van der Waals surface area contributed by atoms with Gasteiger partial charge in [0.25, 0.3) is 5.91 Å². The molecule has 1 saturated heterocycles. The van der Waals surface area contributed by atoms with E-state index < -0.39 is 12.1 Å². The Morgan fingerprint density at radius 3 is 2.65 bits per heavy atom. The molecule has 7 heteroatoms. The quantitative estimate of drug-likeness (QED) is 0.559. The van der Waals surface area contributed by atoms with Crippen LogP contribution >= 0.6 is 0 Å². The first-order valence-corrected chi connectivity index (χ1v) is 12.4. The Morgan fingerprint density at radius 1 is 1.15 bits per heavy atom. The Balaban J connectivity index is 1.59. The van der Waals surface area contributed by atoms with Crippen LogP contribution < -0.4 is 10.6 Å². The first kappa shape index (κ1) is 25.8. The molecule has 0 radical (unpaired) electrons. The predicted octanol–water partition coefficient (Wildman–Crippen LogP) is 3.58. The summed E-state index contributed by atoms with van der Waals surface area (Å²) in [6.07, 6.45) is 5.04. The van der Waals surface area contributed by atoms with Crippen molar-refractivity contribution < 1.29 is 14.4 Å². The molecule has 7 nitrogen and oxygen atoms in total. The molecule has 0 spiro atoms. The molecule has 3 rings (SSSR count). The summed E-state index contributed by atoms with van der Waals surface area (Å²) >= 11 is 0. The average Bonchev–Trinajstić information content (AvgIpc) is 2.79. The smallest absolute Gasteiger partial charge is 0.251 e. The van der Waals surface area contributed by atoms with Gasteiger partial charge in [0, 0.05) is 23.7 Å². The Labute approximate surface area is 202 Å². The number of carbonyl (C=O) groups excluding carboxylic acids is 3. The van der Waals surface area contributed by atoms with Crippen molar-refractivity contribution in [3.63, 3.8) is 0 Å². The standard InChI is InChI=1S/C27H38N4O3/c1-18(2)7-6-13-31-14-11-23(25(32)17-31)29-27(34)24(15-19(3)4)30-26(33)21-9-10-22-20(16-21)8-5-12-28-22/h5,8-10,12,16,18-19,23-24H,6-7,11,13-15,17H2,1-4H3,(H,29,34)(H,30,33)/t23?,24-/m0/s1. The number of nitrogens with zero attached hydrogens (tertiary/aromatic N) is 2. The minimum absolute atomic E-state index is 0.0424. The number of rotatable bonds is 10. The number of amides is 2. The van der Waals surface area contributed by atoms with Crippen LogP contribution in [0.15, 0.2) is 36.5 Å². The van der Waals surface area contributed by atoms with E-state index in [1.165, 1.54) is 0 Å². The second-order valence-electron chi connectivity index (χ2n) is 10.2. The summed E-state index contributed by atoms with van der Waals surface area (Å²) in [6.45, 7) is 10.5. The van der Waals surface area contributed by atoms with Gasteiger partial charge in [0.05, 0.1) is 18.1 Å². The summed E-state index contributed by atoms with van der Waals surface area (Å²) in [7, 11) is 0. The molecule has 0 aliphatic carbocycles. The fourth-order valence-corrected chi connectivity index (χ4v) is 4.38. The zero-order valence-electron chi connectivity index (χ0n) is 20.8. The van der Waals surface area contributed by atoms with Gasteiger partial charge in [-0.15, -0.1) is 0 Å². The van der Waals surface area contributed by atoms with Crippen LogP contribution in [0.3, 0.4) is 0 Å². The van der Waals surface area contributed by atoms with Gasteiger partial charge in [-0.3, -0.25) is 24.3 Å². The highest BCUT2D eigenvalue weighted by Gasteiger charge is 2.31. The lowest BCUT2D eigenvalue weighted by molar-refractivity contribution is -0.131. The molecule has 1 aromatic carbocycles. The summed E-state index contributed by atoms with van der Waals surface area (Å²) in [6, 6.07) is 7.83. The third kappa shape index (κ3) is 7.35. The van der Waals surface area contributed by atoms with E-state index in [9.17, 15) is 14.4 Å². The number of benzene rings is 1. The number of carbonyl (C=O) groups is 3. The van der Waals surface area contributed by atoms with Gasteiger partial charge in [-0.25, -0.2) is 0 Å². The lowest BCUT2D eigenvalue weighted by Gasteiger charge is -2.32. The van der Waals surface area contributed by atoms with Crippen LogP contribution in [0.5, 0.6) is 0 Å². The molecule has 2 N–H and O–H groups in total. The molecule has 2 heterocycles. The topological polar surface area (TPSA) is 91.4 Å². The van der Waals surface area contributed by atoms with Gasteiger partial charge in [0.15, 0.2) is 5.78 Å². The average molecular weight is 467 g/mol. The van der Waals surface area contributed by atoms with Crippen molar-refractivity contribution in [2.75, 3.05) is 19.6 Å². The van der Waals surface area contributed by atoms with Gasteiger partial charge in [-0.05, 0) is 68.3 Å². The SMILES string of the molecule is CC(C)CCCN1CCC(NC(=O)[C@H](CC(C)C)NC(=O)c2ccc3ncccc3c2)C(=O)C1. The predicted molar refractivity (Wildman–Crippen MR) is 135 cm³/mol. The Bertz CT molecular complexity index is 1000. The molecular formula is C27H38N4O3. The third-order valence-corrected chi connectivity index (χ3v) is 6.27. The molecule has 1 fully saturated rings. The van der Waals surface area contributed by atoms with Crippen molar-refractivity contribution in [3.8, 4) is 0 Å². The number of hydrogen-bond acceptors (Lipinski definition) is 5. The Kier molecular flexibility index (Phi) is 9.16. The molecule has 1 aliphatic rings. The van der Waals surface area contributed by atoms with E-state index in [1.807, 2.05) is 26.0 Å². The molecular weight excluding hydrogens is 428 g/mol. The van der Waals surface area contributed by atoms with E-state index in [4.69, 9.17) is 0 Å². The molecule has 2 atom stereocenters. The number of nitrogens with one attached hydrogen (secondary N) is 2. The molecule has 34 heavy (non-hydrogen) atoms. The molecule has 1 aromatic heterocycles. The van der Waals surface area contributed by atoms with Gasteiger partial charge in [-0.1, -0.05) is 33.8 Å². The summed E-state index contributed by atoms with van der Waals surface area (Å²) in [5.41, 5.74) is 1.29. The maximum Gasteiger partial charge on any atom is 0.251 e. The lowest BCUT2D eigenvalue weighted by Crippen LogP contribution is -2.56. The summed E-state index contributed by atoms with van der Waals surface area (Å²) < 4.78 is 0. The fourth-order valence-electron chi connectivity index (χ4n) is 4.38. The van der Waals surface area contributed by atoms with E-state index in [-0.39, 0.29) is 23.5 Å². The molecule has 0 saturated carbocycles. The number of ketones is 1. The van der Waals surface area contributed by atoms with Gasteiger partial charge in [0.2, 0.25) is 5.91 Å². The maximum absolute atomic E-state index is 13.1. The van der Waals surface area contributed by atoms with E-state index in [2.05, 4.69) is 34.4 Å². The van der Waals surface area contributed by atoms with Gasteiger partial charge >= 0.3 is 0 Å². The Morgan fingerprint density at radius 2 is 1.94 bits per heavy atom. The zero-order chi connectivity index (χ0) is 24.7. The van der Waals surface area contributed by atoms with Crippen molar-refractivity contribution in [3.05, 3.63) is 42.1 Å². The summed E-state index contributed by atoms with van der Waals surface area (Å²) in [4.78, 5) is 45.2. The Hall–Kier alpha value is -2.80. The highest BCUT2D eigenvalue weighted by atomic mass is 16.2. The highest BCUT2D eigenvalue weighted by molar-refractivity contribution is 6.01. The minimum Gasteiger partial charge on any atom is -0.344 e. The van der Waals surface area contributed by atoms with Crippen LogP contribution in [0.25, 0.3) is 10.9 Å². The lowest BCUT2D eigenvalue weighted by atomic mass is 9.99.